The summed E-state index contributed by atoms with van der Waals surface area (Å²) in [5, 5.41) is 7.52. The number of anilines is 1. The van der Waals surface area contributed by atoms with Crippen LogP contribution in [0, 0.1) is 13.8 Å². The Labute approximate surface area is 224 Å². The summed E-state index contributed by atoms with van der Waals surface area (Å²) in [6, 6.07) is 12.3. The number of amides is 2. The molecule has 38 heavy (non-hydrogen) atoms. The van der Waals surface area contributed by atoms with Crippen LogP contribution in [0.3, 0.4) is 0 Å². The highest BCUT2D eigenvalue weighted by Gasteiger charge is 2.23. The van der Waals surface area contributed by atoms with Crippen LogP contribution in [0.2, 0.25) is 0 Å². The molecule has 3 aromatic heterocycles. The largest absolute Gasteiger partial charge is 0.382 e. The third kappa shape index (κ3) is 6.52. The van der Waals surface area contributed by atoms with Gasteiger partial charge < -0.3 is 15.4 Å². The van der Waals surface area contributed by atoms with Crippen LogP contribution in [0.1, 0.15) is 21.7 Å². The van der Waals surface area contributed by atoms with E-state index in [9.17, 15) is 18.0 Å². The number of pyridine rings is 1. The fourth-order valence-electron chi connectivity index (χ4n) is 3.82. The Hall–Kier alpha value is -3.87. The number of nitrogens with one attached hydrogen (secondary N) is 2. The standard InChI is InChI=1S/C26H27N5O5S2/c1-16-10-21(11-17(2)27-16)18-6-5-7-19(12-18)23-15-37-26(29-23)30-25(33)22(14-36-3)28-24(32)20-8-9-31(13-20)38(4,34)35/h5-13,15,22H,14H2,1-4H3,(H,28,32)(H,29,30,33)/t22-/m0/s1. The van der Waals surface area contributed by atoms with E-state index in [1.807, 2.05) is 55.6 Å². The lowest BCUT2D eigenvalue weighted by molar-refractivity contribution is -0.119. The molecule has 10 nitrogen and oxygen atoms in total. The van der Waals surface area contributed by atoms with Crippen molar-refractivity contribution in [3.05, 3.63) is 77.2 Å². The fourth-order valence-corrected chi connectivity index (χ4v) is 5.13. The number of thiazole rings is 1. The van der Waals surface area contributed by atoms with Crippen LogP contribution in [0.5, 0.6) is 0 Å². The zero-order valence-corrected chi connectivity index (χ0v) is 22.9. The molecular formula is C26H27N5O5S2. The van der Waals surface area contributed by atoms with Crippen LogP contribution in [-0.4, -0.2) is 60.2 Å². The van der Waals surface area contributed by atoms with Crippen molar-refractivity contribution in [2.24, 2.45) is 0 Å². The maximum Gasteiger partial charge on any atom is 0.253 e. The second kappa shape index (κ2) is 11.3. The van der Waals surface area contributed by atoms with Crippen LogP contribution >= 0.6 is 11.3 Å². The van der Waals surface area contributed by atoms with E-state index in [1.165, 1.54) is 36.9 Å². The summed E-state index contributed by atoms with van der Waals surface area (Å²) in [4.78, 5) is 34.6. The number of aromatic nitrogens is 3. The van der Waals surface area contributed by atoms with Crippen LogP contribution in [-0.2, 0) is 19.6 Å². The molecule has 198 valence electrons. The molecule has 0 fully saturated rings. The first-order valence-corrected chi connectivity index (χ1v) is 14.3. The summed E-state index contributed by atoms with van der Waals surface area (Å²) in [5.74, 6) is -1.12. The molecule has 4 aromatic rings. The van der Waals surface area contributed by atoms with Crippen LogP contribution < -0.4 is 10.6 Å². The average molecular weight is 554 g/mol. The Balaban J connectivity index is 1.47. The van der Waals surface area contributed by atoms with Crippen molar-refractivity contribution in [3.63, 3.8) is 0 Å². The number of methoxy groups -OCH3 is 1. The van der Waals surface area contributed by atoms with Gasteiger partial charge in [-0.3, -0.25) is 18.5 Å². The number of aryl methyl sites for hydroxylation is 2. The minimum atomic E-state index is -3.53. The van der Waals surface area contributed by atoms with Gasteiger partial charge in [-0.25, -0.2) is 13.4 Å². The molecule has 0 aliphatic rings. The van der Waals surface area contributed by atoms with Crippen LogP contribution in [0.4, 0.5) is 5.13 Å². The third-order valence-electron chi connectivity index (χ3n) is 5.58. The number of carbonyl (C=O) groups excluding carboxylic acids is 2. The van der Waals surface area contributed by atoms with Crippen LogP contribution in [0.15, 0.2) is 60.2 Å². The Morgan fingerprint density at radius 1 is 1.05 bits per heavy atom. The van der Waals surface area contributed by atoms with Gasteiger partial charge in [0.15, 0.2) is 5.13 Å². The van der Waals surface area contributed by atoms with Crippen LogP contribution in [0.25, 0.3) is 22.4 Å². The molecule has 0 bridgehead atoms. The third-order valence-corrected chi connectivity index (χ3v) is 7.33. The number of hydrogen-bond acceptors (Lipinski definition) is 8. The predicted molar refractivity (Wildman–Crippen MR) is 147 cm³/mol. The van der Waals surface area contributed by atoms with Gasteiger partial charge in [-0.2, -0.15) is 0 Å². The second-order valence-corrected chi connectivity index (χ2v) is 11.5. The first-order valence-electron chi connectivity index (χ1n) is 11.5. The van der Waals surface area contributed by atoms with E-state index in [1.54, 1.807) is 0 Å². The zero-order valence-electron chi connectivity index (χ0n) is 21.3. The van der Waals surface area contributed by atoms with Gasteiger partial charge >= 0.3 is 0 Å². The molecular weight excluding hydrogens is 526 g/mol. The summed E-state index contributed by atoms with van der Waals surface area (Å²) in [7, 11) is -2.12. The van der Waals surface area contributed by atoms with Crippen molar-refractivity contribution < 1.29 is 22.7 Å². The van der Waals surface area contributed by atoms with E-state index in [0.717, 1.165) is 38.3 Å². The van der Waals surface area contributed by atoms with Gasteiger partial charge in [0.2, 0.25) is 10.0 Å². The molecule has 4 rings (SSSR count). The minimum Gasteiger partial charge on any atom is -0.382 e. The number of hydrogen-bond donors (Lipinski definition) is 2. The van der Waals surface area contributed by atoms with E-state index in [0.29, 0.717) is 10.8 Å². The maximum atomic E-state index is 12.9. The van der Waals surface area contributed by atoms with Crippen molar-refractivity contribution in [1.29, 1.82) is 0 Å². The smallest absolute Gasteiger partial charge is 0.253 e. The normalized spacial score (nSPS) is 12.2. The monoisotopic (exact) mass is 553 g/mol. The average Bonchev–Trinajstić information content (AvgIpc) is 3.53. The van der Waals surface area contributed by atoms with Gasteiger partial charge in [0.05, 0.1) is 24.1 Å². The molecule has 0 radical (unpaired) electrons. The number of nitrogens with zero attached hydrogens (tertiary/aromatic N) is 3. The molecule has 2 amide bonds. The predicted octanol–water partition coefficient (Wildman–Crippen LogP) is 3.48. The molecule has 3 heterocycles. The number of benzene rings is 1. The molecule has 0 unspecified atom stereocenters. The van der Waals surface area contributed by atoms with Gasteiger partial charge in [-0.05, 0) is 49.2 Å². The Morgan fingerprint density at radius 3 is 2.42 bits per heavy atom. The first kappa shape index (κ1) is 27.2. The van der Waals surface area contributed by atoms with E-state index >= 15 is 0 Å². The molecule has 2 N–H and O–H groups in total. The first-order chi connectivity index (χ1) is 18.0. The van der Waals surface area contributed by atoms with Crippen molar-refractivity contribution >= 4 is 38.3 Å². The topological polar surface area (TPSA) is 132 Å². The molecule has 0 aliphatic heterocycles. The molecule has 0 saturated heterocycles. The van der Waals surface area contributed by atoms with Crippen molar-refractivity contribution in [1.82, 2.24) is 19.3 Å². The lowest BCUT2D eigenvalue weighted by Gasteiger charge is -2.16. The van der Waals surface area contributed by atoms with Gasteiger partial charge in [0.25, 0.3) is 11.8 Å². The zero-order chi connectivity index (χ0) is 27.4. The Bertz CT molecular complexity index is 1570. The summed E-state index contributed by atoms with van der Waals surface area (Å²) >= 11 is 1.26. The van der Waals surface area contributed by atoms with E-state index in [2.05, 4.69) is 20.6 Å². The van der Waals surface area contributed by atoms with Gasteiger partial charge in [0.1, 0.15) is 6.04 Å². The Morgan fingerprint density at radius 2 is 1.76 bits per heavy atom. The SMILES string of the molecule is COC[C@H](NC(=O)c1ccn(S(C)(=O)=O)c1)C(=O)Nc1nc(-c2cccc(-c3cc(C)nc(C)c3)c2)cs1. The lowest BCUT2D eigenvalue weighted by atomic mass is 10.0. The number of ether oxygens (including phenoxy) is 1. The van der Waals surface area contributed by atoms with Gasteiger partial charge in [-0.15, -0.1) is 11.3 Å². The fraction of sp³-hybridized carbons (Fsp3) is 0.231. The van der Waals surface area contributed by atoms with Crippen molar-refractivity contribution in [2.45, 2.75) is 19.9 Å². The van der Waals surface area contributed by atoms with E-state index in [-0.39, 0.29) is 12.2 Å². The summed E-state index contributed by atoms with van der Waals surface area (Å²) < 4.78 is 29.4. The van der Waals surface area contributed by atoms with Crippen molar-refractivity contribution in [2.75, 3.05) is 25.3 Å². The highest BCUT2D eigenvalue weighted by Crippen LogP contribution is 2.29. The lowest BCUT2D eigenvalue weighted by Crippen LogP contribution is -2.46. The van der Waals surface area contributed by atoms with Gasteiger partial charge in [-0.1, -0.05) is 18.2 Å². The molecule has 1 atom stereocenters. The summed E-state index contributed by atoms with van der Waals surface area (Å²) in [6.45, 7) is 3.83. The van der Waals surface area contributed by atoms with Crippen molar-refractivity contribution in [3.8, 4) is 22.4 Å². The molecule has 0 spiro atoms. The summed E-state index contributed by atoms with van der Waals surface area (Å²) in [5.41, 5.74) is 5.66. The quantitative estimate of drug-likeness (QED) is 0.324. The minimum absolute atomic E-state index is 0.0879. The molecule has 0 saturated carbocycles. The van der Waals surface area contributed by atoms with E-state index in [4.69, 9.17) is 4.74 Å². The summed E-state index contributed by atoms with van der Waals surface area (Å²) in [6.07, 6.45) is 3.47. The molecule has 0 aliphatic carbocycles. The maximum absolute atomic E-state index is 12.9. The van der Waals surface area contributed by atoms with Gasteiger partial charge in [0, 0.05) is 41.8 Å². The number of rotatable bonds is 9. The Kier molecular flexibility index (Phi) is 8.05. The molecule has 1 aromatic carbocycles. The van der Waals surface area contributed by atoms with E-state index < -0.39 is 27.9 Å². The second-order valence-electron chi connectivity index (χ2n) is 8.72. The highest BCUT2D eigenvalue weighted by atomic mass is 32.2. The molecule has 12 heteroatoms. The number of carbonyl (C=O) groups is 2. The highest BCUT2D eigenvalue weighted by molar-refractivity contribution is 7.89.